The lowest BCUT2D eigenvalue weighted by Gasteiger charge is -2.05. The Labute approximate surface area is 87.4 Å². The monoisotopic (exact) mass is 205 g/mol. The first-order valence-corrected chi connectivity index (χ1v) is 4.73. The maximum absolute atomic E-state index is 13.0. The van der Waals surface area contributed by atoms with Crippen LogP contribution in [0, 0.1) is 12.7 Å². The molecule has 1 heterocycles. The van der Waals surface area contributed by atoms with E-state index in [1.807, 2.05) is 13.0 Å². The molecule has 0 unspecified atom stereocenters. The highest BCUT2D eigenvalue weighted by Gasteiger charge is 1.98. The second-order valence-corrected chi connectivity index (χ2v) is 3.41. The fraction of sp³-hybridized carbons (Fsp3) is 0.182. The van der Waals surface area contributed by atoms with Gasteiger partial charge < -0.3 is 10.3 Å². The molecule has 0 aliphatic carbocycles. The molecule has 4 heteroatoms. The average molecular weight is 205 g/mol. The minimum Gasteiger partial charge on any atom is -0.378 e. The smallest absolute Gasteiger partial charge is 0.125 e. The first kappa shape index (κ1) is 9.71. The molecule has 3 nitrogen and oxygen atoms in total. The van der Waals surface area contributed by atoms with E-state index in [0.29, 0.717) is 6.54 Å². The van der Waals surface area contributed by atoms with Crippen LogP contribution in [-0.4, -0.2) is 9.97 Å². The van der Waals surface area contributed by atoms with Gasteiger partial charge in [-0.15, -0.1) is 0 Å². The minimum atomic E-state index is -0.225. The summed E-state index contributed by atoms with van der Waals surface area (Å²) in [6, 6.07) is 4.86. The number of aryl methyl sites for hydroxylation is 1. The van der Waals surface area contributed by atoms with Gasteiger partial charge in [0.25, 0.3) is 0 Å². The first-order chi connectivity index (χ1) is 7.24. The third-order valence-corrected chi connectivity index (χ3v) is 2.06. The molecule has 0 saturated carbocycles. The van der Waals surface area contributed by atoms with Gasteiger partial charge in [0, 0.05) is 18.1 Å². The lowest BCUT2D eigenvalue weighted by Crippen LogP contribution is -2.01. The van der Waals surface area contributed by atoms with Gasteiger partial charge in [-0.25, -0.2) is 9.37 Å². The lowest BCUT2D eigenvalue weighted by atomic mass is 10.2. The van der Waals surface area contributed by atoms with Crippen LogP contribution in [-0.2, 0) is 6.54 Å². The SMILES string of the molecule is Cc1cc(F)cc(NCc2ncc[nH]2)c1. The van der Waals surface area contributed by atoms with Crippen LogP contribution in [0.1, 0.15) is 11.4 Å². The van der Waals surface area contributed by atoms with E-state index in [-0.39, 0.29) is 5.82 Å². The summed E-state index contributed by atoms with van der Waals surface area (Å²) in [6.45, 7) is 2.43. The third-order valence-electron chi connectivity index (χ3n) is 2.06. The predicted octanol–water partition coefficient (Wildman–Crippen LogP) is 2.47. The van der Waals surface area contributed by atoms with E-state index < -0.39 is 0 Å². The van der Waals surface area contributed by atoms with Crippen molar-refractivity contribution in [1.82, 2.24) is 9.97 Å². The third kappa shape index (κ3) is 2.56. The van der Waals surface area contributed by atoms with Crippen LogP contribution in [0.25, 0.3) is 0 Å². The van der Waals surface area contributed by atoms with Crippen molar-refractivity contribution in [1.29, 1.82) is 0 Å². The molecule has 1 aromatic carbocycles. The molecule has 15 heavy (non-hydrogen) atoms. The molecule has 2 rings (SSSR count). The van der Waals surface area contributed by atoms with Crippen LogP contribution in [0.5, 0.6) is 0 Å². The van der Waals surface area contributed by atoms with Crippen molar-refractivity contribution in [3.8, 4) is 0 Å². The van der Waals surface area contributed by atoms with Gasteiger partial charge in [0.1, 0.15) is 11.6 Å². The summed E-state index contributed by atoms with van der Waals surface area (Å²) in [5.41, 5.74) is 1.67. The molecule has 2 N–H and O–H groups in total. The molecular weight excluding hydrogens is 193 g/mol. The van der Waals surface area contributed by atoms with Crippen LogP contribution in [0.2, 0.25) is 0 Å². The van der Waals surface area contributed by atoms with Gasteiger partial charge in [0.15, 0.2) is 0 Å². The maximum Gasteiger partial charge on any atom is 0.125 e. The number of hydrogen-bond donors (Lipinski definition) is 2. The van der Waals surface area contributed by atoms with Crippen molar-refractivity contribution in [3.63, 3.8) is 0 Å². The highest BCUT2D eigenvalue weighted by atomic mass is 19.1. The fourth-order valence-electron chi connectivity index (χ4n) is 1.42. The highest BCUT2D eigenvalue weighted by Crippen LogP contribution is 2.13. The van der Waals surface area contributed by atoms with E-state index in [9.17, 15) is 4.39 Å². The lowest BCUT2D eigenvalue weighted by molar-refractivity contribution is 0.627. The van der Waals surface area contributed by atoms with Gasteiger partial charge >= 0.3 is 0 Å². The Balaban J connectivity index is 2.05. The highest BCUT2D eigenvalue weighted by molar-refractivity contribution is 5.45. The van der Waals surface area contributed by atoms with Gasteiger partial charge in [-0.05, 0) is 30.7 Å². The normalized spacial score (nSPS) is 10.3. The van der Waals surface area contributed by atoms with E-state index in [1.165, 1.54) is 12.1 Å². The Morgan fingerprint density at radius 1 is 1.40 bits per heavy atom. The number of imidazole rings is 1. The summed E-state index contributed by atoms with van der Waals surface area (Å²) in [5, 5.41) is 3.09. The zero-order chi connectivity index (χ0) is 10.7. The molecule has 0 aliphatic rings. The fourth-order valence-corrected chi connectivity index (χ4v) is 1.42. The molecule has 0 radical (unpaired) electrons. The number of nitrogens with zero attached hydrogens (tertiary/aromatic N) is 1. The molecule has 0 amide bonds. The van der Waals surface area contributed by atoms with Gasteiger partial charge in [0.2, 0.25) is 0 Å². The number of hydrogen-bond acceptors (Lipinski definition) is 2. The van der Waals surface area contributed by atoms with E-state index in [1.54, 1.807) is 12.4 Å². The van der Waals surface area contributed by atoms with Crippen LogP contribution in [0.4, 0.5) is 10.1 Å². The van der Waals surface area contributed by atoms with Crippen molar-refractivity contribution < 1.29 is 4.39 Å². The van der Waals surface area contributed by atoms with Crippen molar-refractivity contribution in [2.45, 2.75) is 13.5 Å². The maximum atomic E-state index is 13.0. The zero-order valence-electron chi connectivity index (χ0n) is 8.42. The second-order valence-electron chi connectivity index (χ2n) is 3.41. The van der Waals surface area contributed by atoms with Crippen LogP contribution in [0.3, 0.4) is 0 Å². The Morgan fingerprint density at radius 2 is 2.27 bits per heavy atom. The Kier molecular flexibility index (Phi) is 2.67. The predicted molar refractivity (Wildman–Crippen MR) is 57.1 cm³/mol. The topological polar surface area (TPSA) is 40.7 Å². The number of aromatic amines is 1. The molecule has 0 saturated heterocycles. The molecule has 0 fully saturated rings. The summed E-state index contributed by atoms with van der Waals surface area (Å²) in [7, 11) is 0. The van der Waals surface area contributed by atoms with Crippen LogP contribution in [0.15, 0.2) is 30.6 Å². The number of aromatic nitrogens is 2. The molecule has 2 aromatic rings. The molecule has 78 valence electrons. The summed E-state index contributed by atoms with van der Waals surface area (Å²) in [4.78, 5) is 7.03. The van der Waals surface area contributed by atoms with Crippen molar-refractivity contribution in [2.75, 3.05) is 5.32 Å². The molecule has 0 aliphatic heterocycles. The molecule has 0 bridgehead atoms. The Morgan fingerprint density at radius 3 is 2.93 bits per heavy atom. The van der Waals surface area contributed by atoms with Crippen LogP contribution < -0.4 is 5.32 Å². The quantitative estimate of drug-likeness (QED) is 0.808. The molecule has 0 atom stereocenters. The van der Waals surface area contributed by atoms with E-state index >= 15 is 0 Å². The van der Waals surface area contributed by atoms with Crippen LogP contribution >= 0.6 is 0 Å². The Hall–Kier alpha value is -1.84. The largest absolute Gasteiger partial charge is 0.378 e. The Bertz CT molecular complexity index is 417. The minimum absolute atomic E-state index is 0.225. The van der Waals surface area contributed by atoms with E-state index in [2.05, 4.69) is 15.3 Å². The summed E-state index contributed by atoms with van der Waals surface area (Å²) < 4.78 is 13.0. The van der Waals surface area contributed by atoms with E-state index in [0.717, 1.165) is 17.1 Å². The number of nitrogens with one attached hydrogen (secondary N) is 2. The van der Waals surface area contributed by atoms with Crippen molar-refractivity contribution in [2.24, 2.45) is 0 Å². The van der Waals surface area contributed by atoms with Gasteiger partial charge in [-0.3, -0.25) is 0 Å². The standard InChI is InChI=1S/C11H12FN3/c1-8-4-9(12)6-10(5-8)15-7-11-13-2-3-14-11/h2-6,15H,7H2,1H3,(H,13,14). The molecule has 0 spiro atoms. The number of halogens is 1. The average Bonchev–Trinajstić information content (AvgIpc) is 2.65. The molecular formula is C11H12FN3. The second kappa shape index (κ2) is 4.13. The van der Waals surface area contributed by atoms with Crippen molar-refractivity contribution >= 4 is 5.69 Å². The first-order valence-electron chi connectivity index (χ1n) is 4.73. The number of anilines is 1. The summed E-state index contributed by atoms with van der Waals surface area (Å²) >= 11 is 0. The van der Waals surface area contributed by atoms with Gasteiger partial charge in [0.05, 0.1) is 6.54 Å². The number of rotatable bonds is 3. The summed E-state index contributed by atoms with van der Waals surface area (Å²) in [6.07, 6.45) is 3.45. The zero-order valence-corrected chi connectivity index (χ0v) is 8.42. The number of benzene rings is 1. The van der Waals surface area contributed by atoms with Gasteiger partial charge in [-0.2, -0.15) is 0 Å². The van der Waals surface area contributed by atoms with E-state index in [4.69, 9.17) is 0 Å². The molecule has 1 aromatic heterocycles. The number of H-pyrrole nitrogens is 1. The van der Waals surface area contributed by atoms with Crippen molar-refractivity contribution in [3.05, 3.63) is 47.8 Å². The van der Waals surface area contributed by atoms with Gasteiger partial charge in [-0.1, -0.05) is 0 Å². The summed E-state index contributed by atoms with van der Waals surface area (Å²) in [5.74, 6) is 0.605.